The van der Waals surface area contributed by atoms with E-state index in [-0.39, 0.29) is 12.3 Å². The van der Waals surface area contributed by atoms with Gasteiger partial charge in [0.15, 0.2) is 0 Å². The molecule has 2 aromatic rings. The number of halogens is 1. The van der Waals surface area contributed by atoms with Gasteiger partial charge in [-0.1, -0.05) is 11.6 Å². The van der Waals surface area contributed by atoms with Crippen LogP contribution in [0.3, 0.4) is 0 Å². The lowest BCUT2D eigenvalue weighted by atomic mass is 10.1. The number of carbonyl (C=O) groups is 1. The second-order valence-corrected chi connectivity index (χ2v) is 6.72. The molecular formula is C19H24ClN3O3. The van der Waals surface area contributed by atoms with Crippen LogP contribution in [0.4, 0.5) is 0 Å². The van der Waals surface area contributed by atoms with E-state index < -0.39 is 0 Å². The first-order valence-electron chi connectivity index (χ1n) is 8.85. The molecule has 1 aliphatic rings. The first kappa shape index (κ1) is 18.9. The van der Waals surface area contributed by atoms with E-state index in [1.807, 2.05) is 12.1 Å². The molecule has 0 bridgehead atoms. The Balaban J connectivity index is 1.55. The lowest BCUT2D eigenvalue weighted by Crippen LogP contribution is -2.38. The van der Waals surface area contributed by atoms with Gasteiger partial charge in [-0.25, -0.2) is 0 Å². The molecule has 2 heterocycles. The van der Waals surface area contributed by atoms with E-state index >= 15 is 0 Å². The first-order chi connectivity index (χ1) is 12.7. The largest absolute Gasteiger partial charge is 0.496 e. The number of hydrogen-bond donors (Lipinski definition) is 1. The second kappa shape index (κ2) is 9.16. The zero-order valence-corrected chi connectivity index (χ0v) is 15.7. The number of morpholine rings is 1. The fraction of sp³-hybridized carbons (Fsp3) is 0.474. The van der Waals surface area contributed by atoms with Crippen LogP contribution < -0.4 is 10.1 Å². The van der Waals surface area contributed by atoms with Gasteiger partial charge in [-0.2, -0.15) is 0 Å². The van der Waals surface area contributed by atoms with E-state index in [2.05, 4.69) is 15.2 Å². The van der Waals surface area contributed by atoms with Crippen molar-refractivity contribution in [1.82, 2.24) is 15.2 Å². The molecule has 0 aliphatic carbocycles. The van der Waals surface area contributed by atoms with Gasteiger partial charge in [-0.3, -0.25) is 14.7 Å². The van der Waals surface area contributed by atoms with Crippen molar-refractivity contribution in [2.75, 3.05) is 46.5 Å². The summed E-state index contributed by atoms with van der Waals surface area (Å²) < 4.78 is 10.8. The molecule has 0 saturated carbocycles. The number of amides is 1. The molecule has 1 fully saturated rings. The summed E-state index contributed by atoms with van der Waals surface area (Å²) in [6.45, 7) is 5.17. The number of nitrogens with zero attached hydrogens (tertiary/aromatic N) is 2. The van der Waals surface area contributed by atoms with E-state index in [0.717, 1.165) is 55.7 Å². The molecule has 26 heavy (non-hydrogen) atoms. The minimum absolute atomic E-state index is 0.0235. The van der Waals surface area contributed by atoms with Gasteiger partial charge >= 0.3 is 0 Å². The molecular weight excluding hydrogens is 354 g/mol. The quantitative estimate of drug-likeness (QED) is 0.750. The van der Waals surface area contributed by atoms with Crippen LogP contribution in [0.15, 0.2) is 24.4 Å². The van der Waals surface area contributed by atoms with Crippen LogP contribution in [0.1, 0.15) is 12.0 Å². The zero-order valence-electron chi connectivity index (χ0n) is 15.0. The van der Waals surface area contributed by atoms with Gasteiger partial charge in [0.1, 0.15) is 5.75 Å². The smallest absolute Gasteiger partial charge is 0.224 e. The van der Waals surface area contributed by atoms with Gasteiger partial charge in [0.05, 0.1) is 37.3 Å². The Morgan fingerprint density at radius 1 is 1.38 bits per heavy atom. The van der Waals surface area contributed by atoms with Gasteiger partial charge in [0, 0.05) is 42.8 Å². The first-order valence-corrected chi connectivity index (χ1v) is 9.23. The summed E-state index contributed by atoms with van der Waals surface area (Å²) in [4.78, 5) is 19.0. The monoisotopic (exact) mass is 377 g/mol. The summed E-state index contributed by atoms with van der Waals surface area (Å²) in [5, 5.41) is 4.42. The minimum Gasteiger partial charge on any atom is -0.496 e. The average molecular weight is 378 g/mol. The van der Waals surface area contributed by atoms with Crippen LogP contribution in [0.5, 0.6) is 5.75 Å². The lowest BCUT2D eigenvalue weighted by molar-refractivity contribution is -0.120. The Hall–Kier alpha value is -1.89. The summed E-state index contributed by atoms with van der Waals surface area (Å²) >= 11 is 6.24. The number of benzene rings is 1. The maximum Gasteiger partial charge on any atom is 0.224 e. The van der Waals surface area contributed by atoms with E-state index in [1.54, 1.807) is 19.4 Å². The van der Waals surface area contributed by atoms with Gasteiger partial charge < -0.3 is 14.8 Å². The third-order valence-corrected chi connectivity index (χ3v) is 4.85. The van der Waals surface area contributed by atoms with Crippen molar-refractivity contribution in [2.45, 2.75) is 12.8 Å². The third kappa shape index (κ3) is 4.84. The van der Waals surface area contributed by atoms with E-state index in [4.69, 9.17) is 21.1 Å². The van der Waals surface area contributed by atoms with Crippen molar-refractivity contribution in [3.63, 3.8) is 0 Å². The molecule has 0 spiro atoms. The number of rotatable bonds is 7. The SMILES string of the molecule is COc1cc2nccc(Cl)c2cc1CC(=O)NCCCN1CCOCC1. The summed E-state index contributed by atoms with van der Waals surface area (Å²) in [5.41, 5.74) is 1.56. The van der Waals surface area contributed by atoms with Crippen LogP contribution in [-0.2, 0) is 16.0 Å². The molecule has 1 amide bonds. The molecule has 0 unspecified atom stereocenters. The maximum atomic E-state index is 12.3. The highest BCUT2D eigenvalue weighted by atomic mass is 35.5. The molecule has 1 aromatic heterocycles. The van der Waals surface area contributed by atoms with Crippen molar-refractivity contribution >= 4 is 28.4 Å². The number of ether oxygens (including phenoxy) is 2. The van der Waals surface area contributed by atoms with Crippen LogP contribution in [-0.4, -0.2) is 62.3 Å². The Bertz CT molecular complexity index is 763. The van der Waals surface area contributed by atoms with Crippen molar-refractivity contribution in [3.8, 4) is 5.75 Å². The number of fused-ring (bicyclic) bond motifs is 1. The number of hydrogen-bond acceptors (Lipinski definition) is 5. The Morgan fingerprint density at radius 2 is 2.19 bits per heavy atom. The number of nitrogens with one attached hydrogen (secondary N) is 1. The zero-order chi connectivity index (χ0) is 18.4. The van der Waals surface area contributed by atoms with Crippen molar-refractivity contribution in [1.29, 1.82) is 0 Å². The lowest BCUT2D eigenvalue weighted by Gasteiger charge is -2.26. The summed E-state index contributed by atoms with van der Waals surface area (Å²) in [6.07, 6.45) is 2.84. The molecule has 1 aromatic carbocycles. The number of carbonyl (C=O) groups excluding carboxylic acids is 1. The highest BCUT2D eigenvalue weighted by Gasteiger charge is 2.13. The molecule has 0 atom stereocenters. The second-order valence-electron chi connectivity index (χ2n) is 6.31. The normalized spacial score (nSPS) is 15.2. The molecule has 0 radical (unpaired) electrons. The molecule has 1 saturated heterocycles. The highest BCUT2D eigenvalue weighted by Crippen LogP contribution is 2.29. The topological polar surface area (TPSA) is 63.7 Å². The van der Waals surface area contributed by atoms with Crippen molar-refractivity contribution in [2.24, 2.45) is 0 Å². The van der Waals surface area contributed by atoms with E-state index in [9.17, 15) is 4.79 Å². The average Bonchev–Trinajstić information content (AvgIpc) is 2.66. The van der Waals surface area contributed by atoms with Crippen LogP contribution in [0.25, 0.3) is 10.9 Å². The predicted molar refractivity (Wildman–Crippen MR) is 102 cm³/mol. The van der Waals surface area contributed by atoms with Gasteiger partial charge in [-0.05, 0) is 25.1 Å². The van der Waals surface area contributed by atoms with Gasteiger partial charge in [-0.15, -0.1) is 0 Å². The predicted octanol–water partition coefficient (Wildman–Crippen LogP) is 2.28. The van der Waals surface area contributed by atoms with Crippen LogP contribution >= 0.6 is 11.6 Å². The molecule has 7 heteroatoms. The third-order valence-electron chi connectivity index (χ3n) is 4.52. The summed E-state index contributed by atoms with van der Waals surface area (Å²) in [7, 11) is 1.59. The molecule has 140 valence electrons. The summed E-state index contributed by atoms with van der Waals surface area (Å²) in [5.74, 6) is 0.625. The molecule has 3 rings (SSSR count). The van der Waals surface area contributed by atoms with Crippen LogP contribution in [0.2, 0.25) is 5.02 Å². The number of pyridine rings is 1. The van der Waals surface area contributed by atoms with Crippen LogP contribution in [0, 0.1) is 0 Å². The van der Waals surface area contributed by atoms with Crippen molar-refractivity contribution < 1.29 is 14.3 Å². The summed E-state index contributed by atoms with van der Waals surface area (Å²) in [6, 6.07) is 5.45. The fourth-order valence-corrected chi connectivity index (χ4v) is 3.31. The highest BCUT2D eigenvalue weighted by molar-refractivity contribution is 6.35. The Kier molecular flexibility index (Phi) is 6.66. The van der Waals surface area contributed by atoms with E-state index in [1.165, 1.54) is 0 Å². The van der Waals surface area contributed by atoms with Crippen molar-refractivity contribution in [3.05, 3.63) is 35.0 Å². The molecule has 6 nitrogen and oxygen atoms in total. The molecule has 1 aliphatic heterocycles. The fourth-order valence-electron chi connectivity index (χ4n) is 3.10. The maximum absolute atomic E-state index is 12.3. The standard InChI is InChI=1S/C19H24ClN3O3/c1-25-18-13-17-15(16(20)3-5-21-17)11-14(18)12-19(24)22-4-2-6-23-7-9-26-10-8-23/h3,5,11,13H,2,4,6-10,12H2,1H3,(H,22,24). The minimum atomic E-state index is -0.0235. The Morgan fingerprint density at radius 3 is 2.96 bits per heavy atom. The van der Waals surface area contributed by atoms with Gasteiger partial charge in [0.2, 0.25) is 5.91 Å². The number of methoxy groups -OCH3 is 1. The Labute approximate surface area is 158 Å². The van der Waals surface area contributed by atoms with Gasteiger partial charge in [0.25, 0.3) is 0 Å². The number of aromatic nitrogens is 1. The van der Waals surface area contributed by atoms with E-state index in [0.29, 0.717) is 17.3 Å². The molecule has 1 N–H and O–H groups in total.